The van der Waals surface area contributed by atoms with Gasteiger partial charge in [0, 0.05) is 6.54 Å². The maximum Gasteiger partial charge on any atom is 0.0558 e. The van der Waals surface area contributed by atoms with Crippen LogP contribution in [0.2, 0.25) is 0 Å². The summed E-state index contributed by atoms with van der Waals surface area (Å²) < 4.78 is 0. The summed E-state index contributed by atoms with van der Waals surface area (Å²) in [5.41, 5.74) is 0.534. The molecule has 1 heterocycles. The molecule has 0 saturated carbocycles. The Labute approximate surface area is 69.2 Å². The minimum atomic E-state index is 0.306. The Morgan fingerprint density at radius 2 is 1.82 bits per heavy atom. The molecule has 0 amide bonds. The lowest BCUT2D eigenvalue weighted by atomic mass is 9.83. The van der Waals surface area contributed by atoms with Crippen molar-refractivity contribution in [3.05, 3.63) is 0 Å². The van der Waals surface area contributed by atoms with E-state index in [-0.39, 0.29) is 0 Å². The van der Waals surface area contributed by atoms with Crippen molar-refractivity contribution in [2.75, 3.05) is 26.2 Å². The highest BCUT2D eigenvalue weighted by Crippen LogP contribution is 2.29. The van der Waals surface area contributed by atoms with E-state index in [0.717, 1.165) is 19.6 Å². The molecule has 1 N–H and O–H groups in total. The Morgan fingerprint density at radius 3 is 2.27 bits per heavy atom. The number of likely N-dealkylation sites (tertiary alicyclic amines) is 1. The van der Waals surface area contributed by atoms with Gasteiger partial charge in [-0.25, -0.2) is 0 Å². The van der Waals surface area contributed by atoms with E-state index in [1.165, 1.54) is 12.8 Å². The molecule has 66 valence electrons. The summed E-state index contributed by atoms with van der Waals surface area (Å²) in [4.78, 5) is 2.34. The summed E-state index contributed by atoms with van der Waals surface area (Å²) in [5, 5.41) is 8.71. The quantitative estimate of drug-likeness (QED) is 0.649. The number of aliphatic hydroxyl groups is 1. The van der Waals surface area contributed by atoms with Crippen molar-refractivity contribution in [1.29, 1.82) is 0 Å². The SMILES string of the molecule is CC1(C)CCN(CCO)CC1. The molecule has 0 atom stereocenters. The molecule has 0 radical (unpaired) electrons. The fourth-order valence-corrected chi connectivity index (χ4v) is 1.52. The van der Waals surface area contributed by atoms with Gasteiger partial charge in [0.15, 0.2) is 0 Å². The molecule has 1 aliphatic heterocycles. The first-order chi connectivity index (χ1) is 5.14. The van der Waals surface area contributed by atoms with Crippen LogP contribution in [-0.4, -0.2) is 36.2 Å². The third-order valence-electron chi connectivity index (χ3n) is 2.63. The van der Waals surface area contributed by atoms with Crippen LogP contribution >= 0.6 is 0 Å². The molecule has 2 nitrogen and oxygen atoms in total. The van der Waals surface area contributed by atoms with Crippen LogP contribution in [-0.2, 0) is 0 Å². The summed E-state index contributed by atoms with van der Waals surface area (Å²) in [6.07, 6.45) is 2.54. The number of rotatable bonds is 2. The van der Waals surface area contributed by atoms with Crippen LogP contribution in [0.4, 0.5) is 0 Å². The molecule has 0 bridgehead atoms. The van der Waals surface area contributed by atoms with Gasteiger partial charge in [-0.3, -0.25) is 0 Å². The Balaban J connectivity index is 2.25. The summed E-state index contributed by atoms with van der Waals surface area (Å²) in [6, 6.07) is 0. The summed E-state index contributed by atoms with van der Waals surface area (Å²) in [5.74, 6) is 0. The second kappa shape index (κ2) is 3.55. The average molecular weight is 157 g/mol. The van der Waals surface area contributed by atoms with Crippen LogP contribution in [0.15, 0.2) is 0 Å². The van der Waals surface area contributed by atoms with E-state index in [0.29, 0.717) is 12.0 Å². The van der Waals surface area contributed by atoms with E-state index in [1.54, 1.807) is 0 Å². The Kier molecular flexibility index (Phi) is 2.90. The number of hydrogen-bond donors (Lipinski definition) is 1. The van der Waals surface area contributed by atoms with Crippen molar-refractivity contribution in [3.8, 4) is 0 Å². The van der Waals surface area contributed by atoms with E-state index < -0.39 is 0 Å². The zero-order valence-electron chi connectivity index (χ0n) is 7.64. The van der Waals surface area contributed by atoms with Crippen LogP contribution in [0.5, 0.6) is 0 Å². The largest absolute Gasteiger partial charge is 0.395 e. The van der Waals surface area contributed by atoms with Gasteiger partial charge in [0.05, 0.1) is 6.61 Å². The first-order valence-electron chi connectivity index (χ1n) is 4.47. The van der Waals surface area contributed by atoms with Gasteiger partial charge >= 0.3 is 0 Å². The molecular formula is C9H19NO. The maximum absolute atomic E-state index is 8.71. The molecule has 2 heteroatoms. The van der Waals surface area contributed by atoms with Gasteiger partial charge < -0.3 is 10.0 Å². The van der Waals surface area contributed by atoms with Gasteiger partial charge in [0.2, 0.25) is 0 Å². The molecule has 1 rings (SSSR count). The van der Waals surface area contributed by atoms with Gasteiger partial charge in [0.25, 0.3) is 0 Å². The smallest absolute Gasteiger partial charge is 0.0558 e. The first kappa shape index (κ1) is 9.01. The molecule has 0 aromatic carbocycles. The predicted molar refractivity (Wildman–Crippen MR) is 46.5 cm³/mol. The molecule has 0 aromatic heterocycles. The molecule has 11 heavy (non-hydrogen) atoms. The van der Waals surface area contributed by atoms with Crippen LogP contribution < -0.4 is 0 Å². The lowest BCUT2D eigenvalue weighted by Crippen LogP contribution is -2.38. The molecule has 0 aliphatic carbocycles. The fourth-order valence-electron chi connectivity index (χ4n) is 1.52. The van der Waals surface area contributed by atoms with E-state index in [9.17, 15) is 0 Å². The van der Waals surface area contributed by atoms with E-state index in [1.807, 2.05) is 0 Å². The molecule has 0 unspecified atom stereocenters. The molecule has 0 aromatic rings. The zero-order chi connectivity index (χ0) is 8.32. The van der Waals surface area contributed by atoms with Crippen LogP contribution in [0.1, 0.15) is 26.7 Å². The number of hydrogen-bond acceptors (Lipinski definition) is 2. The third kappa shape index (κ3) is 2.80. The van der Waals surface area contributed by atoms with Gasteiger partial charge in [-0.05, 0) is 31.3 Å². The molecule has 1 aliphatic rings. The number of nitrogens with zero attached hydrogens (tertiary/aromatic N) is 1. The standard InChI is InChI=1S/C9H19NO/c1-9(2)3-5-10(6-4-9)7-8-11/h11H,3-8H2,1-2H3. The highest BCUT2D eigenvalue weighted by molar-refractivity contribution is 4.77. The van der Waals surface area contributed by atoms with Crippen molar-refractivity contribution >= 4 is 0 Å². The van der Waals surface area contributed by atoms with Crippen molar-refractivity contribution in [2.24, 2.45) is 5.41 Å². The van der Waals surface area contributed by atoms with Crippen molar-refractivity contribution in [2.45, 2.75) is 26.7 Å². The topological polar surface area (TPSA) is 23.5 Å². The first-order valence-corrected chi connectivity index (χ1v) is 4.47. The molecule has 0 spiro atoms. The van der Waals surface area contributed by atoms with E-state index in [4.69, 9.17) is 5.11 Å². The van der Waals surface area contributed by atoms with Crippen molar-refractivity contribution in [3.63, 3.8) is 0 Å². The Bertz CT molecular complexity index is 113. The number of aliphatic hydroxyl groups excluding tert-OH is 1. The second-order valence-corrected chi connectivity index (χ2v) is 4.23. The predicted octanol–water partition coefficient (Wildman–Crippen LogP) is 1.10. The van der Waals surface area contributed by atoms with E-state index in [2.05, 4.69) is 18.7 Å². The summed E-state index contributed by atoms with van der Waals surface area (Å²) >= 11 is 0. The van der Waals surface area contributed by atoms with Crippen LogP contribution in [0, 0.1) is 5.41 Å². The highest BCUT2D eigenvalue weighted by Gasteiger charge is 2.24. The monoisotopic (exact) mass is 157 g/mol. The van der Waals surface area contributed by atoms with E-state index >= 15 is 0 Å². The van der Waals surface area contributed by atoms with Crippen LogP contribution in [0.25, 0.3) is 0 Å². The Hall–Kier alpha value is -0.0800. The third-order valence-corrected chi connectivity index (χ3v) is 2.63. The summed E-state index contributed by atoms with van der Waals surface area (Å²) in [7, 11) is 0. The van der Waals surface area contributed by atoms with Crippen molar-refractivity contribution in [1.82, 2.24) is 4.90 Å². The minimum Gasteiger partial charge on any atom is -0.395 e. The normalized spacial score (nSPS) is 25.4. The molecular weight excluding hydrogens is 138 g/mol. The lowest BCUT2D eigenvalue weighted by molar-refractivity contribution is 0.111. The zero-order valence-corrected chi connectivity index (χ0v) is 7.64. The highest BCUT2D eigenvalue weighted by atomic mass is 16.3. The molecule has 1 fully saturated rings. The lowest BCUT2D eigenvalue weighted by Gasteiger charge is -2.36. The minimum absolute atomic E-state index is 0.306. The van der Waals surface area contributed by atoms with Gasteiger partial charge in [-0.15, -0.1) is 0 Å². The number of β-amino-alcohol motifs (C(OH)–C–C–N with tert-alkyl or cyclic N) is 1. The molecule has 1 saturated heterocycles. The maximum atomic E-state index is 8.71. The van der Waals surface area contributed by atoms with Gasteiger partial charge in [-0.2, -0.15) is 0 Å². The van der Waals surface area contributed by atoms with Crippen LogP contribution in [0.3, 0.4) is 0 Å². The second-order valence-electron chi connectivity index (χ2n) is 4.23. The fraction of sp³-hybridized carbons (Fsp3) is 1.00. The Morgan fingerprint density at radius 1 is 1.27 bits per heavy atom. The van der Waals surface area contributed by atoms with Gasteiger partial charge in [0.1, 0.15) is 0 Å². The average Bonchev–Trinajstić information content (AvgIpc) is 1.94. The van der Waals surface area contributed by atoms with Gasteiger partial charge in [-0.1, -0.05) is 13.8 Å². The number of piperidine rings is 1. The summed E-state index contributed by atoms with van der Waals surface area (Å²) in [6.45, 7) is 8.13. The van der Waals surface area contributed by atoms with Crippen molar-refractivity contribution < 1.29 is 5.11 Å².